The van der Waals surface area contributed by atoms with Gasteiger partial charge in [0, 0.05) is 19.6 Å². The minimum Gasteiger partial charge on any atom is -0.297 e. The summed E-state index contributed by atoms with van der Waals surface area (Å²) in [6, 6.07) is 0. The highest BCUT2D eigenvalue weighted by Gasteiger charge is 2.24. The van der Waals surface area contributed by atoms with E-state index in [1.54, 1.807) is 12.4 Å². The van der Waals surface area contributed by atoms with E-state index in [9.17, 15) is 0 Å². The van der Waals surface area contributed by atoms with E-state index >= 15 is 0 Å². The zero-order valence-corrected chi connectivity index (χ0v) is 9.04. The Hall–Kier alpha value is -0.670. The van der Waals surface area contributed by atoms with Gasteiger partial charge < -0.3 is 0 Å². The Morgan fingerprint density at radius 1 is 1.43 bits per heavy atom. The normalized spacial score (nSPS) is 18.1. The molecule has 0 aliphatic carbocycles. The smallest absolute Gasteiger partial charge is 0.147 e. The molecule has 1 aromatic rings. The van der Waals surface area contributed by atoms with Crippen molar-refractivity contribution in [2.75, 3.05) is 13.1 Å². The lowest BCUT2D eigenvalue weighted by molar-refractivity contribution is 0.0884. The van der Waals surface area contributed by atoms with Crippen LogP contribution in [0.3, 0.4) is 0 Å². The summed E-state index contributed by atoms with van der Waals surface area (Å²) < 4.78 is 0. The van der Waals surface area contributed by atoms with E-state index in [0.717, 1.165) is 18.2 Å². The van der Waals surface area contributed by atoms with Crippen LogP contribution in [0, 0.1) is 5.92 Å². The lowest BCUT2D eigenvalue weighted by Crippen LogP contribution is -2.45. The average Bonchev–Trinajstić information content (AvgIpc) is 2.13. The van der Waals surface area contributed by atoms with E-state index in [2.05, 4.69) is 21.8 Å². The third-order valence-corrected chi connectivity index (χ3v) is 2.86. The Morgan fingerprint density at radius 2 is 2.21 bits per heavy atom. The predicted octanol–water partition coefficient (Wildman–Crippen LogP) is 1.97. The first-order chi connectivity index (χ1) is 6.78. The van der Waals surface area contributed by atoms with Crippen LogP contribution in [0.5, 0.6) is 0 Å². The predicted molar refractivity (Wildman–Crippen MR) is 56.1 cm³/mol. The van der Waals surface area contributed by atoms with E-state index in [4.69, 9.17) is 11.6 Å². The van der Waals surface area contributed by atoms with Gasteiger partial charge >= 0.3 is 0 Å². The molecule has 3 nitrogen and oxygen atoms in total. The highest BCUT2D eigenvalue weighted by Crippen LogP contribution is 2.20. The molecule has 0 aromatic carbocycles. The maximum absolute atomic E-state index is 5.65. The van der Waals surface area contributed by atoms with Crippen molar-refractivity contribution in [2.45, 2.75) is 19.9 Å². The Morgan fingerprint density at radius 3 is 2.79 bits per heavy atom. The Bertz CT molecular complexity index is 293. The highest BCUT2D eigenvalue weighted by molar-refractivity contribution is 6.29. The minimum atomic E-state index is 0.462. The first kappa shape index (κ1) is 9.87. The van der Waals surface area contributed by atoms with E-state index < -0.39 is 0 Å². The minimum absolute atomic E-state index is 0.462. The van der Waals surface area contributed by atoms with Gasteiger partial charge in [-0.2, -0.15) is 0 Å². The number of hydrogen-bond acceptors (Lipinski definition) is 3. The van der Waals surface area contributed by atoms with Crippen LogP contribution in [0.15, 0.2) is 12.4 Å². The van der Waals surface area contributed by atoms with Crippen molar-refractivity contribution in [3.63, 3.8) is 0 Å². The molecule has 14 heavy (non-hydrogen) atoms. The van der Waals surface area contributed by atoms with Gasteiger partial charge in [-0.1, -0.05) is 24.9 Å². The zero-order chi connectivity index (χ0) is 9.97. The molecule has 1 aliphatic heterocycles. The molecule has 4 heteroatoms. The second kappa shape index (κ2) is 4.24. The molecule has 0 atom stereocenters. The van der Waals surface area contributed by atoms with E-state index in [0.29, 0.717) is 5.15 Å². The summed E-state index contributed by atoms with van der Waals surface area (Å²) >= 11 is 5.65. The van der Waals surface area contributed by atoms with Gasteiger partial charge in [-0.3, -0.25) is 9.88 Å². The Kier molecular flexibility index (Phi) is 2.99. The number of nitrogens with zero attached hydrogens (tertiary/aromatic N) is 3. The first-order valence-corrected chi connectivity index (χ1v) is 5.34. The summed E-state index contributed by atoms with van der Waals surface area (Å²) in [7, 11) is 0. The molecule has 76 valence electrons. The Balaban J connectivity index is 1.84. The number of halogens is 1. The molecular formula is C10H14ClN3. The molecule has 0 spiro atoms. The molecule has 2 rings (SSSR count). The van der Waals surface area contributed by atoms with E-state index in [-0.39, 0.29) is 0 Å². The standard InChI is InChI=1S/C10H14ClN3/c1-2-8-5-14(6-8)7-9-3-13-10(11)4-12-9/h3-4,8H,2,5-7H2,1H3. The van der Waals surface area contributed by atoms with Gasteiger partial charge in [0.2, 0.25) is 0 Å². The summed E-state index contributed by atoms with van der Waals surface area (Å²) in [6.45, 7) is 5.53. The second-order valence-electron chi connectivity index (χ2n) is 3.80. The van der Waals surface area contributed by atoms with Gasteiger partial charge in [0.1, 0.15) is 5.15 Å². The largest absolute Gasteiger partial charge is 0.297 e. The van der Waals surface area contributed by atoms with Gasteiger partial charge in [-0.05, 0) is 5.92 Å². The second-order valence-corrected chi connectivity index (χ2v) is 4.19. The van der Waals surface area contributed by atoms with Crippen LogP contribution in [-0.4, -0.2) is 28.0 Å². The molecule has 0 bridgehead atoms. The van der Waals surface area contributed by atoms with Crippen LogP contribution in [0.4, 0.5) is 0 Å². The molecule has 0 amide bonds. The zero-order valence-electron chi connectivity index (χ0n) is 8.28. The summed E-state index contributed by atoms with van der Waals surface area (Å²) in [5.41, 5.74) is 1.00. The van der Waals surface area contributed by atoms with Crippen molar-refractivity contribution in [3.8, 4) is 0 Å². The topological polar surface area (TPSA) is 29.0 Å². The van der Waals surface area contributed by atoms with Crippen molar-refractivity contribution in [2.24, 2.45) is 5.92 Å². The number of rotatable bonds is 3. The van der Waals surface area contributed by atoms with Crippen molar-refractivity contribution in [1.82, 2.24) is 14.9 Å². The van der Waals surface area contributed by atoms with Crippen LogP contribution < -0.4 is 0 Å². The molecule has 1 aliphatic rings. The van der Waals surface area contributed by atoms with Gasteiger partial charge in [0.25, 0.3) is 0 Å². The van der Waals surface area contributed by atoms with Gasteiger partial charge in [-0.15, -0.1) is 0 Å². The molecule has 0 saturated carbocycles. The molecule has 0 N–H and O–H groups in total. The van der Waals surface area contributed by atoms with Crippen LogP contribution in [0.1, 0.15) is 19.0 Å². The van der Waals surface area contributed by atoms with Crippen molar-refractivity contribution >= 4 is 11.6 Å². The molecule has 1 fully saturated rings. The third-order valence-electron chi connectivity index (χ3n) is 2.67. The molecule has 0 unspecified atom stereocenters. The van der Waals surface area contributed by atoms with Crippen LogP contribution in [-0.2, 0) is 6.54 Å². The van der Waals surface area contributed by atoms with Crippen LogP contribution in [0.25, 0.3) is 0 Å². The summed E-state index contributed by atoms with van der Waals surface area (Å²) in [5.74, 6) is 0.884. The van der Waals surface area contributed by atoms with Crippen molar-refractivity contribution < 1.29 is 0 Å². The summed E-state index contributed by atoms with van der Waals surface area (Å²) in [5, 5.41) is 0.462. The lowest BCUT2D eigenvalue weighted by atomic mass is 9.97. The fourth-order valence-electron chi connectivity index (χ4n) is 1.71. The molecule has 1 saturated heterocycles. The highest BCUT2D eigenvalue weighted by atomic mass is 35.5. The molecule has 2 heterocycles. The monoisotopic (exact) mass is 211 g/mol. The van der Waals surface area contributed by atoms with Crippen LogP contribution in [0.2, 0.25) is 5.15 Å². The number of aromatic nitrogens is 2. The maximum atomic E-state index is 5.65. The number of hydrogen-bond donors (Lipinski definition) is 0. The molecule has 0 radical (unpaired) electrons. The molecular weight excluding hydrogens is 198 g/mol. The van der Waals surface area contributed by atoms with Crippen molar-refractivity contribution in [1.29, 1.82) is 0 Å². The third kappa shape index (κ3) is 2.22. The SMILES string of the molecule is CCC1CN(Cc2cnc(Cl)cn2)C1. The number of likely N-dealkylation sites (tertiary alicyclic amines) is 1. The summed E-state index contributed by atoms with van der Waals surface area (Å²) in [6.07, 6.45) is 4.64. The van der Waals surface area contributed by atoms with Crippen molar-refractivity contribution in [3.05, 3.63) is 23.2 Å². The van der Waals surface area contributed by atoms with Crippen LogP contribution >= 0.6 is 11.6 Å². The van der Waals surface area contributed by atoms with E-state index in [1.807, 2.05) is 0 Å². The average molecular weight is 212 g/mol. The maximum Gasteiger partial charge on any atom is 0.147 e. The summed E-state index contributed by atoms with van der Waals surface area (Å²) in [4.78, 5) is 10.6. The fourth-order valence-corrected chi connectivity index (χ4v) is 1.81. The fraction of sp³-hybridized carbons (Fsp3) is 0.600. The lowest BCUT2D eigenvalue weighted by Gasteiger charge is -2.38. The quantitative estimate of drug-likeness (QED) is 0.766. The molecule has 1 aromatic heterocycles. The first-order valence-electron chi connectivity index (χ1n) is 4.96. The Labute approximate surface area is 89.1 Å². The van der Waals surface area contributed by atoms with Gasteiger partial charge in [0.15, 0.2) is 0 Å². The van der Waals surface area contributed by atoms with Gasteiger partial charge in [-0.25, -0.2) is 4.98 Å². The van der Waals surface area contributed by atoms with E-state index in [1.165, 1.54) is 19.5 Å². The van der Waals surface area contributed by atoms with Gasteiger partial charge in [0.05, 0.1) is 18.1 Å².